The van der Waals surface area contributed by atoms with Gasteiger partial charge in [-0.1, -0.05) is 18.2 Å². The fourth-order valence-electron chi connectivity index (χ4n) is 2.82. The molecular weight excluding hydrogens is 318 g/mol. The molecule has 0 spiro atoms. The molecule has 1 atom stereocenters. The Kier molecular flexibility index (Phi) is 6.42. The Bertz CT molecular complexity index is 577. The van der Waals surface area contributed by atoms with E-state index in [2.05, 4.69) is 16.0 Å². The Morgan fingerprint density at radius 3 is 2.40 bits per heavy atom. The maximum absolute atomic E-state index is 12.0. The average molecular weight is 347 g/mol. The predicted molar refractivity (Wildman–Crippen MR) is 98.5 cm³/mol. The highest BCUT2D eigenvalue weighted by atomic mass is 16.6. The van der Waals surface area contributed by atoms with E-state index in [0.29, 0.717) is 12.5 Å². The summed E-state index contributed by atoms with van der Waals surface area (Å²) < 4.78 is 5.25. The van der Waals surface area contributed by atoms with Crippen molar-refractivity contribution in [2.45, 2.75) is 70.7 Å². The van der Waals surface area contributed by atoms with Crippen molar-refractivity contribution in [3.63, 3.8) is 0 Å². The summed E-state index contributed by atoms with van der Waals surface area (Å²) in [5.74, 6) is -0.00560. The fraction of sp³-hybridized carbons (Fsp3) is 0.579. The van der Waals surface area contributed by atoms with E-state index >= 15 is 0 Å². The van der Waals surface area contributed by atoms with Crippen LogP contribution >= 0.6 is 0 Å². The van der Waals surface area contributed by atoms with Gasteiger partial charge in [-0.3, -0.25) is 4.79 Å². The average Bonchev–Trinajstić information content (AvgIpc) is 2.43. The monoisotopic (exact) mass is 347 g/mol. The standard InChI is InChI=1S/C19H29N3O3/c1-13(10-17(23)21-14-8-6-5-7-9-14)20-15-11-16(12-15)22-18(24)25-19(2,3)4/h5-9,13,15-16,20H,10-12H2,1-4H3,(H,21,23)(H,22,24). The largest absolute Gasteiger partial charge is 0.444 e. The lowest BCUT2D eigenvalue weighted by molar-refractivity contribution is -0.116. The van der Waals surface area contributed by atoms with Crippen LogP contribution < -0.4 is 16.0 Å². The van der Waals surface area contributed by atoms with Gasteiger partial charge >= 0.3 is 6.09 Å². The molecule has 0 heterocycles. The molecule has 1 aromatic carbocycles. The summed E-state index contributed by atoms with van der Waals surface area (Å²) in [5, 5.41) is 9.19. The molecule has 0 bridgehead atoms. The summed E-state index contributed by atoms with van der Waals surface area (Å²) in [6.45, 7) is 7.54. The van der Waals surface area contributed by atoms with E-state index in [0.717, 1.165) is 18.5 Å². The van der Waals surface area contributed by atoms with E-state index in [1.165, 1.54) is 0 Å². The minimum Gasteiger partial charge on any atom is -0.444 e. The lowest BCUT2D eigenvalue weighted by atomic mass is 9.86. The number of nitrogens with one attached hydrogen (secondary N) is 3. The number of rotatable bonds is 6. The number of hydrogen-bond donors (Lipinski definition) is 3. The normalized spacial score (nSPS) is 21.0. The number of benzene rings is 1. The molecule has 1 fully saturated rings. The van der Waals surface area contributed by atoms with Gasteiger partial charge < -0.3 is 20.7 Å². The molecule has 1 unspecified atom stereocenters. The second kappa shape index (κ2) is 8.34. The quantitative estimate of drug-likeness (QED) is 0.739. The highest BCUT2D eigenvalue weighted by Gasteiger charge is 2.32. The van der Waals surface area contributed by atoms with Gasteiger partial charge in [-0.25, -0.2) is 4.79 Å². The van der Waals surface area contributed by atoms with E-state index < -0.39 is 5.60 Å². The number of carbonyl (C=O) groups excluding carboxylic acids is 2. The molecule has 1 aliphatic rings. The van der Waals surface area contributed by atoms with E-state index in [1.54, 1.807) is 0 Å². The number of amides is 2. The minimum absolute atomic E-state index is 0.00560. The second-order valence-electron chi connectivity index (χ2n) is 7.70. The Hall–Kier alpha value is -2.08. The highest BCUT2D eigenvalue weighted by Crippen LogP contribution is 2.21. The van der Waals surface area contributed by atoms with Crippen molar-refractivity contribution in [2.75, 3.05) is 5.32 Å². The first-order valence-electron chi connectivity index (χ1n) is 8.82. The molecule has 3 N–H and O–H groups in total. The number of ether oxygens (including phenoxy) is 1. The Labute approximate surface area is 149 Å². The number of hydrogen-bond acceptors (Lipinski definition) is 4. The molecule has 25 heavy (non-hydrogen) atoms. The first kappa shape index (κ1) is 19.2. The van der Waals surface area contributed by atoms with Crippen LogP contribution in [0.3, 0.4) is 0 Å². The van der Waals surface area contributed by atoms with Crippen molar-refractivity contribution in [2.24, 2.45) is 0 Å². The van der Waals surface area contributed by atoms with Gasteiger partial charge in [0, 0.05) is 30.2 Å². The van der Waals surface area contributed by atoms with Crippen molar-refractivity contribution < 1.29 is 14.3 Å². The van der Waals surface area contributed by atoms with Gasteiger partial charge in [0.1, 0.15) is 5.60 Å². The third kappa shape index (κ3) is 7.13. The third-order valence-corrected chi connectivity index (χ3v) is 3.93. The SMILES string of the molecule is CC(CC(=O)Nc1ccccc1)NC1CC(NC(=O)OC(C)(C)C)C1. The van der Waals surface area contributed by atoms with Crippen LogP contribution in [0.15, 0.2) is 30.3 Å². The number of para-hydroxylation sites is 1. The number of alkyl carbamates (subject to hydrolysis) is 1. The van der Waals surface area contributed by atoms with Gasteiger partial charge in [-0.2, -0.15) is 0 Å². The van der Waals surface area contributed by atoms with E-state index in [-0.39, 0.29) is 24.1 Å². The number of anilines is 1. The van der Waals surface area contributed by atoms with Crippen LogP contribution in [0.4, 0.5) is 10.5 Å². The van der Waals surface area contributed by atoms with Crippen LogP contribution in [-0.2, 0) is 9.53 Å². The summed E-state index contributed by atoms with van der Waals surface area (Å²) in [6, 6.07) is 9.97. The molecule has 1 aromatic rings. The topological polar surface area (TPSA) is 79.5 Å². The summed E-state index contributed by atoms with van der Waals surface area (Å²) in [7, 11) is 0. The van der Waals surface area contributed by atoms with Gasteiger partial charge in [0.2, 0.25) is 5.91 Å². The molecule has 6 heteroatoms. The lowest BCUT2D eigenvalue weighted by Gasteiger charge is -2.38. The van der Waals surface area contributed by atoms with E-state index in [4.69, 9.17) is 4.74 Å². The first-order valence-corrected chi connectivity index (χ1v) is 8.82. The van der Waals surface area contributed by atoms with Crippen LogP contribution in [0, 0.1) is 0 Å². The van der Waals surface area contributed by atoms with Crippen LogP contribution in [0.25, 0.3) is 0 Å². The van der Waals surface area contributed by atoms with Crippen LogP contribution in [0.5, 0.6) is 0 Å². The van der Waals surface area contributed by atoms with Crippen molar-refractivity contribution in [1.29, 1.82) is 0 Å². The zero-order chi connectivity index (χ0) is 18.4. The van der Waals surface area contributed by atoms with Crippen molar-refractivity contribution >= 4 is 17.7 Å². The summed E-state index contributed by atoms with van der Waals surface area (Å²) >= 11 is 0. The van der Waals surface area contributed by atoms with Gasteiger partial charge in [0.05, 0.1) is 0 Å². The van der Waals surface area contributed by atoms with Crippen LogP contribution in [0.2, 0.25) is 0 Å². The van der Waals surface area contributed by atoms with Crippen molar-refractivity contribution in [3.05, 3.63) is 30.3 Å². The van der Waals surface area contributed by atoms with E-state index in [9.17, 15) is 9.59 Å². The van der Waals surface area contributed by atoms with Gasteiger partial charge in [0.25, 0.3) is 0 Å². The third-order valence-electron chi connectivity index (χ3n) is 3.93. The summed E-state index contributed by atoms with van der Waals surface area (Å²) in [4.78, 5) is 23.7. The molecule has 2 amide bonds. The molecule has 1 aliphatic carbocycles. The predicted octanol–water partition coefficient (Wildman–Crippen LogP) is 3.05. The maximum atomic E-state index is 12.0. The van der Waals surface area contributed by atoms with Gasteiger partial charge in [-0.05, 0) is 52.7 Å². The zero-order valence-corrected chi connectivity index (χ0v) is 15.5. The van der Waals surface area contributed by atoms with Gasteiger partial charge in [0.15, 0.2) is 0 Å². The fourth-order valence-corrected chi connectivity index (χ4v) is 2.82. The van der Waals surface area contributed by atoms with Crippen molar-refractivity contribution in [1.82, 2.24) is 10.6 Å². The van der Waals surface area contributed by atoms with E-state index in [1.807, 2.05) is 58.0 Å². The highest BCUT2D eigenvalue weighted by molar-refractivity contribution is 5.91. The molecule has 1 saturated carbocycles. The lowest BCUT2D eigenvalue weighted by Crippen LogP contribution is -2.55. The molecule has 0 saturated heterocycles. The second-order valence-corrected chi connectivity index (χ2v) is 7.70. The van der Waals surface area contributed by atoms with Gasteiger partial charge in [-0.15, -0.1) is 0 Å². The molecule has 138 valence electrons. The minimum atomic E-state index is -0.480. The molecule has 6 nitrogen and oxygen atoms in total. The summed E-state index contributed by atoms with van der Waals surface area (Å²) in [6.07, 6.45) is 1.75. The zero-order valence-electron chi connectivity index (χ0n) is 15.5. The summed E-state index contributed by atoms with van der Waals surface area (Å²) in [5.41, 5.74) is 0.330. The molecule has 0 aliphatic heterocycles. The van der Waals surface area contributed by atoms with Crippen LogP contribution in [-0.4, -0.2) is 35.7 Å². The molecular formula is C19H29N3O3. The first-order chi connectivity index (χ1) is 11.7. The maximum Gasteiger partial charge on any atom is 0.407 e. The number of carbonyl (C=O) groups is 2. The molecule has 0 aromatic heterocycles. The Balaban J connectivity index is 1.62. The molecule has 2 rings (SSSR count). The van der Waals surface area contributed by atoms with Crippen molar-refractivity contribution in [3.8, 4) is 0 Å². The Morgan fingerprint density at radius 1 is 1.16 bits per heavy atom. The van der Waals surface area contributed by atoms with Crippen LogP contribution in [0.1, 0.15) is 47.0 Å². The molecule has 0 radical (unpaired) electrons. The Morgan fingerprint density at radius 2 is 1.80 bits per heavy atom. The smallest absolute Gasteiger partial charge is 0.407 e.